The highest BCUT2D eigenvalue weighted by Crippen LogP contribution is 2.06. The lowest BCUT2D eigenvalue weighted by molar-refractivity contribution is -0.148. The Morgan fingerprint density at radius 3 is 3.12 bits per heavy atom. The van der Waals surface area contributed by atoms with Gasteiger partial charge in [-0.3, -0.25) is 0 Å². The van der Waals surface area contributed by atoms with Gasteiger partial charge in [-0.1, -0.05) is 12.1 Å². The fraction of sp³-hybridized carbons (Fsp3) is 0.600. The van der Waals surface area contributed by atoms with Gasteiger partial charge in [-0.25, -0.2) is 4.79 Å². The number of carbonyl (C=O) groups excluding carboxylic acids is 1. The third-order valence-corrected chi connectivity index (χ3v) is 1.08. The first-order valence-corrected chi connectivity index (χ1v) is 2.53. The van der Waals surface area contributed by atoms with Crippen LogP contribution in [0.5, 0.6) is 0 Å². The van der Waals surface area contributed by atoms with Gasteiger partial charge in [0.25, 0.3) is 0 Å². The molecular weight excluding hydrogens is 106 g/mol. The Morgan fingerprint density at radius 1 is 2.00 bits per heavy atom. The first-order chi connectivity index (χ1) is 3.80. The largest absolute Gasteiger partial charge is 0.338 e. The molecule has 3 nitrogen and oxygen atoms in total. The molecular formula is C5H7NO2. The summed E-state index contributed by atoms with van der Waals surface area (Å²) in [4.78, 5) is 14.8. The quantitative estimate of drug-likeness (QED) is 0.430. The fourth-order valence-electron chi connectivity index (χ4n) is 0.477. The van der Waals surface area contributed by atoms with Crippen LogP contribution in [0.3, 0.4) is 0 Å². The molecule has 0 spiro atoms. The minimum Gasteiger partial charge on any atom is -0.318 e. The third-order valence-electron chi connectivity index (χ3n) is 1.08. The van der Waals surface area contributed by atoms with E-state index in [1.807, 2.05) is 6.92 Å². The SMILES string of the molecule is CC1CC=NOC1=O. The Bertz CT molecular complexity index is 130. The number of oxime groups is 1. The number of carbonyl (C=O) groups is 1. The summed E-state index contributed by atoms with van der Waals surface area (Å²) in [6, 6.07) is 0. The molecule has 1 rings (SSSR count). The van der Waals surface area contributed by atoms with Crippen LogP contribution in [0.25, 0.3) is 0 Å². The van der Waals surface area contributed by atoms with Crippen molar-refractivity contribution in [3.63, 3.8) is 0 Å². The van der Waals surface area contributed by atoms with Crippen molar-refractivity contribution in [2.24, 2.45) is 11.1 Å². The second-order valence-electron chi connectivity index (χ2n) is 1.84. The summed E-state index contributed by atoms with van der Waals surface area (Å²) >= 11 is 0. The van der Waals surface area contributed by atoms with Crippen LogP contribution in [-0.2, 0) is 9.63 Å². The normalized spacial score (nSPS) is 27.6. The van der Waals surface area contributed by atoms with E-state index < -0.39 is 0 Å². The van der Waals surface area contributed by atoms with Gasteiger partial charge in [-0.15, -0.1) is 0 Å². The Balaban J connectivity index is 2.57. The van der Waals surface area contributed by atoms with Crippen molar-refractivity contribution in [3.05, 3.63) is 0 Å². The summed E-state index contributed by atoms with van der Waals surface area (Å²) in [5, 5.41) is 3.33. The summed E-state index contributed by atoms with van der Waals surface area (Å²) in [6.07, 6.45) is 2.31. The predicted molar refractivity (Wildman–Crippen MR) is 28.4 cm³/mol. The zero-order chi connectivity index (χ0) is 5.98. The molecule has 0 N–H and O–H groups in total. The average molecular weight is 113 g/mol. The van der Waals surface area contributed by atoms with Crippen LogP contribution < -0.4 is 0 Å². The van der Waals surface area contributed by atoms with Crippen LogP contribution in [-0.4, -0.2) is 12.2 Å². The van der Waals surface area contributed by atoms with Crippen molar-refractivity contribution in [3.8, 4) is 0 Å². The van der Waals surface area contributed by atoms with Gasteiger partial charge in [0.15, 0.2) is 0 Å². The maximum absolute atomic E-state index is 10.5. The zero-order valence-electron chi connectivity index (χ0n) is 4.63. The van der Waals surface area contributed by atoms with Crippen molar-refractivity contribution >= 4 is 12.2 Å². The van der Waals surface area contributed by atoms with Gasteiger partial charge in [0.05, 0.1) is 5.92 Å². The second kappa shape index (κ2) is 1.94. The maximum atomic E-state index is 10.5. The van der Waals surface area contributed by atoms with Gasteiger partial charge in [0.2, 0.25) is 0 Å². The molecule has 0 saturated heterocycles. The van der Waals surface area contributed by atoms with Crippen LogP contribution in [0.4, 0.5) is 0 Å². The molecule has 1 aliphatic rings. The van der Waals surface area contributed by atoms with Gasteiger partial charge in [-0.2, -0.15) is 0 Å². The van der Waals surface area contributed by atoms with Gasteiger partial charge in [0, 0.05) is 6.21 Å². The lowest BCUT2D eigenvalue weighted by atomic mass is 10.1. The van der Waals surface area contributed by atoms with Crippen LogP contribution in [0.1, 0.15) is 13.3 Å². The monoisotopic (exact) mass is 113 g/mol. The molecule has 0 aromatic carbocycles. The molecule has 0 aromatic rings. The Morgan fingerprint density at radius 2 is 2.75 bits per heavy atom. The van der Waals surface area contributed by atoms with Crippen LogP contribution in [0.15, 0.2) is 5.16 Å². The summed E-state index contributed by atoms with van der Waals surface area (Å²) in [6.45, 7) is 1.81. The number of nitrogens with zero attached hydrogens (tertiary/aromatic N) is 1. The lowest BCUT2D eigenvalue weighted by Crippen LogP contribution is -2.16. The topological polar surface area (TPSA) is 38.7 Å². The summed E-state index contributed by atoms with van der Waals surface area (Å²) in [5.74, 6) is -0.236. The number of hydrogen-bond acceptors (Lipinski definition) is 3. The first-order valence-electron chi connectivity index (χ1n) is 2.53. The Labute approximate surface area is 47.3 Å². The highest BCUT2D eigenvalue weighted by Gasteiger charge is 2.16. The Kier molecular flexibility index (Phi) is 1.28. The molecule has 8 heavy (non-hydrogen) atoms. The van der Waals surface area contributed by atoms with Crippen molar-refractivity contribution in [1.82, 2.24) is 0 Å². The first kappa shape index (κ1) is 5.28. The van der Waals surface area contributed by atoms with Gasteiger partial charge < -0.3 is 4.84 Å². The van der Waals surface area contributed by atoms with Crippen LogP contribution in [0.2, 0.25) is 0 Å². The minimum atomic E-state index is -0.229. The summed E-state index contributed by atoms with van der Waals surface area (Å²) in [5.41, 5.74) is 0. The minimum absolute atomic E-state index is 0.00694. The van der Waals surface area contributed by atoms with Gasteiger partial charge in [-0.05, 0) is 6.42 Å². The lowest BCUT2D eigenvalue weighted by Gasteiger charge is -2.07. The van der Waals surface area contributed by atoms with Crippen molar-refractivity contribution in [2.45, 2.75) is 13.3 Å². The molecule has 0 aromatic heterocycles. The van der Waals surface area contributed by atoms with E-state index in [4.69, 9.17) is 0 Å². The van der Waals surface area contributed by atoms with E-state index >= 15 is 0 Å². The van der Waals surface area contributed by atoms with E-state index in [2.05, 4.69) is 9.99 Å². The predicted octanol–water partition coefficient (Wildman–Crippen LogP) is 0.555. The zero-order valence-corrected chi connectivity index (χ0v) is 4.63. The molecule has 0 saturated carbocycles. The standard InChI is InChI=1S/C5H7NO2/c1-4-2-3-6-8-5(4)7/h3-4H,2H2,1H3. The molecule has 1 heterocycles. The number of hydrogen-bond donors (Lipinski definition) is 0. The molecule has 0 fully saturated rings. The van der Waals surface area contributed by atoms with E-state index in [9.17, 15) is 4.79 Å². The number of rotatable bonds is 0. The molecule has 1 atom stereocenters. The highest BCUT2D eigenvalue weighted by molar-refractivity contribution is 5.78. The molecule has 0 bridgehead atoms. The summed E-state index contributed by atoms with van der Waals surface area (Å²) < 4.78 is 0. The highest BCUT2D eigenvalue weighted by atomic mass is 16.7. The molecule has 0 aliphatic carbocycles. The van der Waals surface area contributed by atoms with E-state index in [-0.39, 0.29) is 11.9 Å². The van der Waals surface area contributed by atoms with Crippen molar-refractivity contribution in [2.75, 3.05) is 0 Å². The van der Waals surface area contributed by atoms with Crippen molar-refractivity contribution < 1.29 is 9.63 Å². The smallest absolute Gasteiger partial charge is 0.318 e. The van der Waals surface area contributed by atoms with E-state index in [1.54, 1.807) is 6.21 Å². The van der Waals surface area contributed by atoms with E-state index in [0.29, 0.717) is 6.42 Å². The molecule has 0 amide bonds. The third kappa shape index (κ3) is 0.857. The molecule has 1 unspecified atom stereocenters. The fourth-order valence-corrected chi connectivity index (χ4v) is 0.477. The maximum Gasteiger partial charge on any atom is 0.338 e. The van der Waals surface area contributed by atoms with Crippen LogP contribution in [0, 0.1) is 5.92 Å². The van der Waals surface area contributed by atoms with Gasteiger partial charge >= 0.3 is 5.97 Å². The van der Waals surface area contributed by atoms with Crippen molar-refractivity contribution in [1.29, 1.82) is 0 Å². The Hall–Kier alpha value is -0.860. The van der Waals surface area contributed by atoms with Gasteiger partial charge in [0.1, 0.15) is 0 Å². The van der Waals surface area contributed by atoms with E-state index in [1.165, 1.54) is 0 Å². The molecule has 3 heteroatoms. The van der Waals surface area contributed by atoms with E-state index in [0.717, 1.165) is 0 Å². The average Bonchev–Trinajstić information content (AvgIpc) is 1.77. The molecule has 1 aliphatic heterocycles. The second-order valence-corrected chi connectivity index (χ2v) is 1.84. The summed E-state index contributed by atoms with van der Waals surface area (Å²) in [7, 11) is 0. The molecule has 44 valence electrons. The molecule has 0 radical (unpaired) electrons. The van der Waals surface area contributed by atoms with Crippen LogP contribution >= 0.6 is 0 Å².